The number of esters is 1. The van der Waals surface area contributed by atoms with E-state index in [0.29, 0.717) is 21.1 Å². The quantitative estimate of drug-likeness (QED) is 0.319. The summed E-state index contributed by atoms with van der Waals surface area (Å²) in [6.07, 6.45) is 1.41. The van der Waals surface area contributed by atoms with Gasteiger partial charge in [-0.05, 0) is 31.5 Å². The van der Waals surface area contributed by atoms with Gasteiger partial charge >= 0.3 is 11.9 Å². The SMILES string of the molecule is CCOC(=O)C1=C(C)N=c2s/c(=C\c3ccc([N+](=O)[O-])o3)c(=O)n2[C@H]1c1ccccc1Cl. The summed E-state index contributed by atoms with van der Waals surface area (Å²) in [5.41, 5.74) is 0.738. The zero-order valence-corrected chi connectivity index (χ0v) is 18.5. The van der Waals surface area contributed by atoms with Crippen molar-refractivity contribution in [1.82, 2.24) is 4.57 Å². The maximum Gasteiger partial charge on any atom is 0.433 e. The van der Waals surface area contributed by atoms with Crippen LogP contribution in [0.4, 0.5) is 5.88 Å². The van der Waals surface area contributed by atoms with Crippen molar-refractivity contribution in [2.45, 2.75) is 19.9 Å². The second-order valence-corrected chi connectivity index (χ2v) is 8.17. The largest absolute Gasteiger partial charge is 0.463 e. The first-order chi connectivity index (χ1) is 15.3. The molecule has 0 fully saturated rings. The smallest absolute Gasteiger partial charge is 0.433 e. The number of furan rings is 1. The summed E-state index contributed by atoms with van der Waals surface area (Å²) in [6, 6.07) is 8.68. The number of ether oxygens (including phenoxy) is 1. The Bertz CT molecular complexity index is 1450. The van der Waals surface area contributed by atoms with E-state index < -0.39 is 28.4 Å². The van der Waals surface area contributed by atoms with Gasteiger partial charge in [0.05, 0.1) is 28.5 Å². The van der Waals surface area contributed by atoms with Crippen LogP contribution in [-0.4, -0.2) is 22.1 Å². The fraction of sp³-hybridized carbons (Fsp3) is 0.190. The standard InChI is InChI=1S/C21H16ClN3O6S/c1-3-30-20(27)17-11(2)23-21-24(18(17)13-6-4-5-7-14(13)22)19(26)15(32-21)10-12-8-9-16(31-12)25(28)29/h4-10,18H,3H2,1-2H3/b15-10-/t18-/m0/s1. The summed E-state index contributed by atoms with van der Waals surface area (Å²) >= 11 is 7.51. The molecule has 0 spiro atoms. The van der Waals surface area contributed by atoms with Crippen LogP contribution in [0.1, 0.15) is 31.2 Å². The average Bonchev–Trinajstić information content (AvgIpc) is 3.33. The van der Waals surface area contributed by atoms with E-state index in [1.165, 1.54) is 22.8 Å². The number of nitrogens with zero attached hydrogens (tertiary/aromatic N) is 3. The van der Waals surface area contributed by atoms with Gasteiger partial charge in [-0.25, -0.2) is 9.79 Å². The molecule has 1 aliphatic heterocycles. The summed E-state index contributed by atoms with van der Waals surface area (Å²) in [7, 11) is 0. The molecule has 1 aliphatic rings. The normalized spacial score (nSPS) is 16.0. The molecule has 4 rings (SSSR count). The zero-order chi connectivity index (χ0) is 23.0. The molecule has 32 heavy (non-hydrogen) atoms. The second-order valence-electron chi connectivity index (χ2n) is 6.76. The number of halogens is 1. The van der Waals surface area contributed by atoms with Crippen LogP contribution >= 0.6 is 22.9 Å². The molecule has 164 valence electrons. The van der Waals surface area contributed by atoms with Gasteiger partial charge < -0.3 is 9.15 Å². The van der Waals surface area contributed by atoms with E-state index >= 15 is 0 Å². The molecule has 0 amide bonds. The van der Waals surface area contributed by atoms with Crippen LogP contribution in [-0.2, 0) is 9.53 Å². The van der Waals surface area contributed by atoms with E-state index in [1.54, 1.807) is 38.1 Å². The molecule has 1 aromatic carbocycles. The average molecular weight is 474 g/mol. The van der Waals surface area contributed by atoms with Gasteiger partial charge in [0.25, 0.3) is 5.56 Å². The van der Waals surface area contributed by atoms with Gasteiger partial charge in [-0.2, -0.15) is 0 Å². The van der Waals surface area contributed by atoms with Crippen molar-refractivity contribution in [3.63, 3.8) is 0 Å². The lowest BCUT2D eigenvalue weighted by molar-refractivity contribution is -0.402. The van der Waals surface area contributed by atoms with Gasteiger partial charge in [-0.3, -0.25) is 19.5 Å². The van der Waals surface area contributed by atoms with E-state index in [2.05, 4.69) is 4.99 Å². The number of benzene rings is 1. The lowest BCUT2D eigenvalue weighted by Gasteiger charge is -2.25. The van der Waals surface area contributed by atoms with E-state index in [-0.39, 0.29) is 22.5 Å². The van der Waals surface area contributed by atoms with Crippen LogP contribution in [0.2, 0.25) is 5.02 Å². The summed E-state index contributed by atoms with van der Waals surface area (Å²) in [4.78, 5) is 41.2. The van der Waals surface area contributed by atoms with Crippen molar-refractivity contribution in [1.29, 1.82) is 0 Å². The predicted octanol–water partition coefficient (Wildman–Crippen LogP) is 2.95. The Balaban J connectivity index is 1.95. The van der Waals surface area contributed by atoms with E-state index in [1.807, 2.05) is 0 Å². The van der Waals surface area contributed by atoms with Crippen LogP contribution in [0.25, 0.3) is 6.08 Å². The number of hydrogen-bond acceptors (Lipinski definition) is 8. The molecule has 3 heterocycles. The first-order valence-electron chi connectivity index (χ1n) is 9.50. The molecular formula is C21H16ClN3O6S. The van der Waals surface area contributed by atoms with E-state index in [4.69, 9.17) is 20.8 Å². The minimum Gasteiger partial charge on any atom is -0.463 e. The van der Waals surface area contributed by atoms with Crippen molar-refractivity contribution in [2.24, 2.45) is 4.99 Å². The van der Waals surface area contributed by atoms with Crippen LogP contribution in [0.5, 0.6) is 0 Å². The van der Waals surface area contributed by atoms with Crippen LogP contribution in [0.15, 0.2) is 61.9 Å². The monoisotopic (exact) mass is 473 g/mol. The molecule has 0 N–H and O–H groups in total. The molecule has 0 saturated heterocycles. The lowest BCUT2D eigenvalue weighted by atomic mass is 9.96. The summed E-state index contributed by atoms with van der Waals surface area (Å²) in [5, 5.41) is 11.3. The Labute approximate surface area is 189 Å². The number of allylic oxidation sites excluding steroid dienone is 1. The topological polar surface area (TPSA) is 117 Å². The molecule has 1 atom stereocenters. The van der Waals surface area contributed by atoms with E-state index in [9.17, 15) is 19.7 Å². The number of hydrogen-bond donors (Lipinski definition) is 0. The third-order valence-corrected chi connectivity index (χ3v) is 6.11. The first kappa shape index (κ1) is 21.7. The number of carbonyl (C=O) groups is 1. The number of thiazole rings is 1. The minimum absolute atomic E-state index is 0.151. The second kappa shape index (κ2) is 8.56. The Hall–Kier alpha value is -3.50. The molecule has 2 aromatic heterocycles. The maximum atomic E-state index is 13.4. The number of carbonyl (C=O) groups excluding carboxylic acids is 1. The summed E-state index contributed by atoms with van der Waals surface area (Å²) in [6.45, 7) is 3.52. The van der Waals surface area contributed by atoms with Crippen molar-refractivity contribution in [3.05, 3.63) is 93.8 Å². The Morgan fingerprint density at radius 2 is 2.12 bits per heavy atom. The highest BCUT2D eigenvalue weighted by molar-refractivity contribution is 7.07. The van der Waals surface area contributed by atoms with Crippen LogP contribution in [0, 0.1) is 10.1 Å². The fourth-order valence-corrected chi connectivity index (χ4v) is 4.70. The Morgan fingerprint density at radius 3 is 2.78 bits per heavy atom. The molecule has 3 aromatic rings. The fourth-order valence-electron chi connectivity index (χ4n) is 3.43. The molecule has 0 aliphatic carbocycles. The summed E-state index contributed by atoms with van der Waals surface area (Å²) < 4.78 is 12.0. The molecule has 0 saturated carbocycles. The summed E-state index contributed by atoms with van der Waals surface area (Å²) in [5.74, 6) is -0.870. The molecule has 0 bridgehead atoms. The molecular weight excluding hydrogens is 458 g/mol. The highest BCUT2D eigenvalue weighted by atomic mass is 35.5. The van der Waals surface area contributed by atoms with Gasteiger partial charge in [0.15, 0.2) is 4.80 Å². The first-order valence-corrected chi connectivity index (χ1v) is 10.7. The number of rotatable bonds is 5. The Morgan fingerprint density at radius 1 is 1.38 bits per heavy atom. The molecule has 0 radical (unpaired) electrons. The van der Waals surface area contributed by atoms with Crippen molar-refractivity contribution in [2.75, 3.05) is 6.61 Å². The van der Waals surface area contributed by atoms with Crippen LogP contribution < -0.4 is 14.9 Å². The third kappa shape index (κ3) is 3.78. The van der Waals surface area contributed by atoms with Crippen molar-refractivity contribution < 1.29 is 18.9 Å². The van der Waals surface area contributed by atoms with Gasteiger partial charge in [-0.15, -0.1) is 0 Å². The minimum atomic E-state index is -0.841. The number of aromatic nitrogens is 1. The van der Waals surface area contributed by atoms with Gasteiger partial charge in [0, 0.05) is 11.1 Å². The number of nitro groups is 1. The zero-order valence-electron chi connectivity index (χ0n) is 16.9. The molecule has 0 unspecified atom stereocenters. The Kier molecular flexibility index (Phi) is 5.81. The van der Waals surface area contributed by atoms with Gasteiger partial charge in [-0.1, -0.05) is 41.1 Å². The molecule has 9 nitrogen and oxygen atoms in total. The maximum absolute atomic E-state index is 13.4. The van der Waals surface area contributed by atoms with Crippen molar-refractivity contribution in [3.8, 4) is 0 Å². The molecule has 11 heteroatoms. The van der Waals surface area contributed by atoms with Gasteiger partial charge in [0.2, 0.25) is 0 Å². The number of fused-ring (bicyclic) bond motifs is 1. The highest BCUT2D eigenvalue weighted by Crippen LogP contribution is 2.34. The van der Waals surface area contributed by atoms with Crippen LogP contribution in [0.3, 0.4) is 0 Å². The van der Waals surface area contributed by atoms with Gasteiger partial charge in [0.1, 0.15) is 16.7 Å². The van der Waals surface area contributed by atoms with Crippen molar-refractivity contribution >= 4 is 40.9 Å². The van der Waals surface area contributed by atoms with E-state index in [0.717, 1.165) is 11.3 Å². The lowest BCUT2D eigenvalue weighted by Crippen LogP contribution is -2.40. The highest BCUT2D eigenvalue weighted by Gasteiger charge is 2.34. The predicted molar refractivity (Wildman–Crippen MR) is 117 cm³/mol. The third-order valence-electron chi connectivity index (χ3n) is 4.78.